The predicted molar refractivity (Wildman–Crippen MR) is 87.2 cm³/mol. The van der Waals surface area contributed by atoms with Crippen LogP contribution in [-0.4, -0.2) is 24.8 Å². The molecule has 0 saturated heterocycles. The normalized spacial score (nSPS) is 15.8. The number of hydrogen-bond acceptors (Lipinski definition) is 2. The molecule has 1 aromatic rings. The van der Waals surface area contributed by atoms with Gasteiger partial charge in [-0.15, -0.1) is 0 Å². The number of benzene rings is 1. The van der Waals surface area contributed by atoms with Crippen molar-refractivity contribution in [1.82, 2.24) is 5.32 Å². The van der Waals surface area contributed by atoms with E-state index in [-0.39, 0.29) is 5.60 Å². The van der Waals surface area contributed by atoms with Gasteiger partial charge in [0.2, 0.25) is 0 Å². The van der Waals surface area contributed by atoms with Gasteiger partial charge >= 0.3 is 0 Å². The van der Waals surface area contributed by atoms with Crippen LogP contribution in [0.4, 0.5) is 0 Å². The van der Waals surface area contributed by atoms with Gasteiger partial charge in [0.15, 0.2) is 0 Å². The van der Waals surface area contributed by atoms with Crippen LogP contribution in [0.2, 0.25) is 0 Å². The quantitative estimate of drug-likeness (QED) is 0.692. The minimum absolute atomic E-state index is 0.0707. The van der Waals surface area contributed by atoms with E-state index in [1.807, 2.05) is 0 Å². The fourth-order valence-electron chi connectivity index (χ4n) is 2.68. The van der Waals surface area contributed by atoms with E-state index in [2.05, 4.69) is 63.3 Å². The summed E-state index contributed by atoms with van der Waals surface area (Å²) in [4.78, 5) is 0. The Bertz CT molecular complexity index is 352. The number of rotatable bonds is 10. The molecule has 0 aliphatic carbocycles. The average Bonchev–Trinajstić information content (AvgIpc) is 2.48. The van der Waals surface area contributed by atoms with Crippen LogP contribution in [-0.2, 0) is 11.2 Å². The van der Waals surface area contributed by atoms with E-state index in [0.29, 0.717) is 6.04 Å². The van der Waals surface area contributed by atoms with Crippen molar-refractivity contribution in [3.8, 4) is 0 Å². The molecule has 1 rings (SSSR count). The summed E-state index contributed by atoms with van der Waals surface area (Å²) in [7, 11) is 0. The second-order valence-electron chi connectivity index (χ2n) is 5.63. The van der Waals surface area contributed by atoms with Crippen molar-refractivity contribution in [1.29, 1.82) is 0 Å². The van der Waals surface area contributed by atoms with Crippen LogP contribution in [0.5, 0.6) is 0 Å². The second-order valence-corrected chi connectivity index (χ2v) is 5.63. The number of nitrogens with one attached hydrogen (secondary N) is 1. The standard InChI is InChI=1S/C18H31NO/c1-5-15-19-17(18(4,6-2)20-7-3)14-13-16-11-9-8-10-12-16/h8-12,17,19H,5-7,13-15H2,1-4H3. The Morgan fingerprint density at radius 2 is 1.85 bits per heavy atom. The number of hydrogen-bond donors (Lipinski definition) is 1. The van der Waals surface area contributed by atoms with Gasteiger partial charge in [0.1, 0.15) is 0 Å². The van der Waals surface area contributed by atoms with Crippen molar-refractivity contribution in [3.63, 3.8) is 0 Å². The zero-order chi connectivity index (χ0) is 14.8. The summed E-state index contributed by atoms with van der Waals surface area (Å²) in [5.41, 5.74) is 1.34. The molecule has 20 heavy (non-hydrogen) atoms. The fraction of sp³-hybridized carbons (Fsp3) is 0.667. The third-order valence-electron chi connectivity index (χ3n) is 4.12. The Hall–Kier alpha value is -0.860. The van der Waals surface area contributed by atoms with Gasteiger partial charge in [0.25, 0.3) is 0 Å². The summed E-state index contributed by atoms with van der Waals surface area (Å²) < 4.78 is 6.06. The highest BCUT2D eigenvalue weighted by atomic mass is 16.5. The molecule has 0 bridgehead atoms. The Morgan fingerprint density at radius 3 is 2.40 bits per heavy atom. The Labute approximate surface area is 124 Å². The Morgan fingerprint density at radius 1 is 1.15 bits per heavy atom. The second kappa shape index (κ2) is 9.15. The summed E-state index contributed by atoms with van der Waals surface area (Å²) in [6, 6.07) is 11.1. The molecule has 0 radical (unpaired) electrons. The first-order valence-electron chi connectivity index (χ1n) is 8.07. The SMILES string of the molecule is CCCNC(CCc1ccccc1)C(C)(CC)OCC. The summed E-state index contributed by atoms with van der Waals surface area (Å²) in [6.07, 6.45) is 4.42. The van der Waals surface area contributed by atoms with Gasteiger partial charge in [-0.1, -0.05) is 44.2 Å². The van der Waals surface area contributed by atoms with E-state index in [4.69, 9.17) is 4.74 Å². The van der Waals surface area contributed by atoms with Gasteiger partial charge in [0, 0.05) is 12.6 Å². The van der Waals surface area contributed by atoms with E-state index in [1.54, 1.807) is 0 Å². The minimum Gasteiger partial charge on any atom is -0.374 e. The third kappa shape index (κ3) is 5.26. The van der Waals surface area contributed by atoms with E-state index in [0.717, 1.165) is 38.8 Å². The largest absolute Gasteiger partial charge is 0.374 e. The first-order chi connectivity index (χ1) is 9.66. The Kier molecular flexibility index (Phi) is 7.86. The van der Waals surface area contributed by atoms with Crippen LogP contribution >= 0.6 is 0 Å². The summed E-state index contributed by atoms with van der Waals surface area (Å²) >= 11 is 0. The molecule has 1 N–H and O–H groups in total. The maximum atomic E-state index is 6.06. The predicted octanol–water partition coefficient (Wildman–Crippen LogP) is 4.19. The van der Waals surface area contributed by atoms with E-state index >= 15 is 0 Å². The minimum atomic E-state index is -0.0707. The van der Waals surface area contributed by atoms with Crippen LogP contribution < -0.4 is 5.32 Å². The molecule has 0 amide bonds. The topological polar surface area (TPSA) is 21.3 Å². The van der Waals surface area contributed by atoms with Crippen LogP contribution in [0.1, 0.15) is 52.5 Å². The molecule has 1 aromatic carbocycles. The molecular weight excluding hydrogens is 246 g/mol. The van der Waals surface area contributed by atoms with Crippen LogP contribution in [0.25, 0.3) is 0 Å². The lowest BCUT2D eigenvalue weighted by molar-refractivity contribution is -0.0568. The third-order valence-corrected chi connectivity index (χ3v) is 4.12. The van der Waals surface area contributed by atoms with Crippen LogP contribution in [0.15, 0.2) is 30.3 Å². The van der Waals surface area contributed by atoms with Crippen molar-refractivity contribution in [2.24, 2.45) is 0 Å². The maximum Gasteiger partial charge on any atom is 0.0804 e. The highest BCUT2D eigenvalue weighted by molar-refractivity contribution is 5.15. The summed E-state index contributed by atoms with van der Waals surface area (Å²) in [5, 5.41) is 3.69. The van der Waals surface area contributed by atoms with Crippen molar-refractivity contribution in [3.05, 3.63) is 35.9 Å². The number of aryl methyl sites for hydroxylation is 1. The van der Waals surface area contributed by atoms with Crippen LogP contribution in [0, 0.1) is 0 Å². The van der Waals surface area contributed by atoms with E-state index in [1.165, 1.54) is 5.56 Å². The van der Waals surface area contributed by atoms with Crippen LogP contribution in [0.3, 0.4) is 0 Å². The highest BCUT2D eigenvalue weighted by Gasteiger charge is 2.32. The van der Waals surface area contributed by atoms with Gasteiger partial charge in [0.05, 0.1) is 5.60 Å². The first kappa shape index (κ1) is 17.2. The van der Waals surface area contributed by atoms with Crippen molar-refractivity contribution < 1.29 is 4.74 Å². The zero-order valence-electron chi connectivity index (χ0n) is 13.6. The highest BCUT2D eigenvalue weighted by Crippen LogP contribution is 2.24. The lowest BCUT2D eigenvalue weighted by Gasteiger charge is -2.37. The molecular formula is C18H31NO. The molecule has 0 aliphatic rings. The molecule has 0 spiro atoms. The van der Waals surface area contributed by atoms with Crippen molar-refractivity contribution in [2.45, 2.75) is 65.0 Å². The lowest BCUT2D eigenvalue weighted by Crippen LogP contribution is -2.50. The molecule has 2 unspecified atom stereocenters. The first-order valence-corrected chi connectivity index (χ1v) is 8.07. The van der Waals surface area contributed by atoms with Gasteiger partial charge < -0.3 is 10.1 Å². The smallest absolute Gasteiger partial charge is 0.0804 e. The molecule has 0 heterocycles. The summed E-state index contributed by atoms with van der Waals surface area (Å²) in [6.45, 7) is 10.6. The number of ether oxygens (including phenoxy) is 1. The molecule has 2 heteroatoms. The molecule has 2 atom stereocenters. The molecule has 0 fully saturated rings. The summed E-state index contributed by atoms with van der Waals surface area (Å²) in [5.74, 6) is 0. The maximum absolute atomic E-state index is 6.06. The van der Waals surface area contributed by atoms with Gasteiger partial charge in [-0.3, -0.25) is 0 Å². The Balaban J connectivity index is 2.67. The zero-order valence-corrected chi connectivity index (χ0v) is 13.6. The molecule has 0 saturated carbocycles. The lowest BCUT2D eigenvalue weighted by atomic mass is 9.88. The van der Waals surface area contributed by atoms with Gasteiger partial charge in [-0.05, 0) is 51.6 Å². The fourth-order valence-corrected chi connectivity index (χ4v) is 2.68. The van der Waals surface area contributed by atoms with E-state index < -0.39 is 0 Å². The van der Waals surface area contributed by atoms with E-state index in [9.17, 15) is 0 Å². The van der Waals surface area contributed by atoms with Crippen molar-refractivity contribution >= 4 is 0 Å². The molecule has 2 nitrogen and oxygen atoms in total. The average molecular weight is 277 g/mol. The van der Waals surface area contributed by atoms with Crippen molar-refractivity contribution in [2.75, 3.05) is 13.2 Å². The molecule has 0 aliphatic heterocycles. The van der Waals surface area contributed by atoms with Gasteiger partial charge in [-0.25, -0.2) is 0 Å². The van der Waals surface area contributed by atoms with Gasteiger partial charge in [-0.2, -0.15) is 0 Å². The molecule has 114 valence electrons. The molecule has 0 aromatic heterocycles. The monoisotopic (exact) mass is 277 g/mol.